The van der Waals surface area contributed by atoms with Crippen LogP contribution < -0.4 is 0 Å². The first-order valence-corrected chi connectivity index (χ1v) is 15.9. The Kier molecular flexibility index (Phi) is 12.0. The zero-order valence-corrected chi connectivity index (χ0v) is 24.6. The Morgan fingerprint density at radius 2 is 1.66 bits per heavy atom. The summed E-state index contributed by atoms with van der Waals surface area (Å²) < 4.78 is 17.2. The van der Waals surface area contributed by atoms with Gasteiger partial charge in [-0.25, -0.2) is 9.79 Å². The molecule has 0 aromatic heterocycles. The predicted octanol–water partition coefficient (Wildman–Crippen LogP) is 6.98. The van der Waals surface area contributed by atoms with Gasteiger partial charge < -0.3 is 13.9 Å². The van der Waals surface area contributed by atoms with E-state index in [2.05, 4.69) is 52.6 Å². The van der Waals surface area contributed by atoms with E-state index < -0.39 is 8.32 Å². The fourth-order valence-electron chi connectivity index (χ4n) is 6.11. The van der Waals surface area contributed by atoms with E-state index in [0.29, 0.717) is 28.2 Å². The number of fused-ring (bicyclic) bond motifs is 1. The summed E-state index contributed by atoms with van der Waals surface area (Å²) in [4.78, 5) is 19.2. The van der Waals surface area contributed by atoms with Crippen LogP contribution in [0.1, 0.15) is 92.9 Å². The predicted molar refractivity (Wildman–Crippen MR) is 147 cm³/mol. The minimum atomic E-state index is -1.73. The lowest BCUT2D eigenvalue weighted by atomic mass is 10.0. The van der Waals surface area contributed by atoms with Crippen molar-refractivity contribution in [3.63, 3.8) is 0 Å². The van der Waals surface area contributed by atoms with Crippen LogP contribution in [0.4, 0.5) is 0 Å². The van der Waals surface area contributed by atoms with Crippen LogP contribution in [0.5, 0.6) is 0 Å². The Morgan fingerprint density at radius 3 is 2.26 bits per heavy atom. The number of aliphatic imine (C=N–C) groups is 1. The van der Waals surface area contributed by atoms with Gasteiger partial charge in [-0.3, -0.25) is 4.90 Å². The van der Waals surface area contributed by atoms with Crippen molar-refractivity contribution in [3.8, 4) is 0 Å². The maximum absolute atomic E-state index is 12.5. The topological polar surface area (TPSA) is 60.4 Å². The Balaban J connectivity index is 1.76. The van der Waals surface area contributed by atoms with Crippen molar-refractivity contribution in [2.24, 2.45) is 4.99 Å². The number of methoxy groups -OCH3 is 2. The third-order valence-electron chi connectivity index (χ3n) is 7.69. The molecule has 1 saturated heterocycles. The molecular weight excluding hydrogens is 456 g/mol. The fourth-order valence-corrected chi connectivity index (χ4v) is 11.6. The molecule has 2 aliphatic rings. The average molecular weight is 507 g/mol. The summed E-state index contributed by atoms with van der Waals surface area (Å²) in [6.07, 6.45) is 13.0. The van der Waals surface area contributed by atoms with Crippen molar-refractivity contribution in [2.45, 2.75) is 116 Å². The second-order valence-corrected chi connectivity index (χ2v) is 16.3. The van der Waals surface area contributed by atoms with Gasteiger partial charge in [0.05, 0.1) is 19.8 Å². The van der Waals surface area contributed by atoms with Crippen LogP contribution >= 0.6 is 0 Å². The normalized spacial score (nSPS) is 18.8. The molecule has 0 N–H and O–H groups in total. The molecule has 2 aliphatic heterocycles. The number of nitrogens with zero attached hydrogens (tertiary/aromatic N) is 2. The average Bonchev–Trinajstić information content (AvgIpc) is 3.30. The van der Waals surface area contributed by atoms with Crippen LogP contribution in [-0.4, -0.2) is 58.6 Å². The van der Waals surface area contributed by atoms with E-state index in [4.69, 9.17) is 13.9 Å². The smallest absolute Gasteiger partial charge is 0.338 e. The molecule has 1 atom stereocenters. The highest BCUT2D eigenvalue weighted by Gasteiger charge is 2.44. The third kappa shape index (κ3) is 7.22. The van der Waals surface area contributed by atoms with Crippen molar-refractivity contribution in [3.05, 3.63) is 23.4 Å². The zero-order chi connectivity index (χ0) is 26.0. The number of hydrogen-bond donors (Lipinski definition) is 0. The summed E-state index contributed by atoms with van der Waals surface area (Å²) in [6.45, 7) is 15.8. The van der Waals surface area contributed by atoms with Gasteiger partial charge in [0.15, 0.2) is 8.32 Å². The standard InChI is InChI=1S/C28H50N2O4Si/c1-21(2)35(22(3)4,23(5)6)34-20-15-13-11-9-10-12-14-17-24-26(27(31)32-7)25-18-16-19-30(25)28(29-24)33-8/h14,17,21-24H,9-13,15-16,18-20H2,1-8H3/b17-14-/t24-/m1/s1. The van der Waals surface area contributed by atoms with Crippen molar-refractivity contribution in [1.82, 2.24) is 4.90 Å². The zero-order valence-electron chi connectivity index (χ0n) is 23.6. The Morgan fingerprint density at radius 1 is 1.03 bits per heavy atom. The summed E-state index contributed by atoms with van der Waals surface area (Å²) >= 11 is 0. The van der Waals surface area contributed by atoms with Crippen LogP contribution in [0, 0.1) is 0 Å². The first-order chi connectivity index (χ1) is 16.7. The van der Waals surface area contributed by atoms with Gasteiger partial charge >= 0.3 is 5.97 Å². The van der Waals surface area contributed by atoms with Crippen LogP contribution in [0.15, 0.2) is 28.4 Å². The quantitative estimate of drug-likeness (QED) is 0.110. The molecule has 6 nitrogen and oxygen atoms in total. The molecule has 0 saturated carbocycles. The molecule has 200 valence electrons. The maximum atomic E-state index is 12.5. The monoisotopic (exact) mass is 506 g/mol. The molecule has 2 heterocycles. The molecule has 0 aromatic rings. The highest BCUT2D eigenvalue weighted by Crippen LogP contribution is 2.42. The number of ether oxygens (including phenoxy) is 2. The van der Waals surface area contributed by atoms with E-state index in [9.17, 15) is 4.79 Å². The lowest BCUT2D eigenvalue weighted by molar-refractivity contribution is -0.136. The Labute approximate surface area is 215 Å². The van der Waals surface area contributed by atoms with Crippen LogP contribution in [-0.2, 0) is 18.7 Å². The van der Waals surface area contributed by atoms with Gasteiger partial charge in [0, 0.05) is 18.8 Å². The third-order valence-corrected chi connectivity index (χ3v) is 13.8. The molecule has 2 rings (SSSR count). The van der Waals surface area contributed by atoms with Crippen LogP contribution in [0.3, 0.4) is 0 Å². The van der Waals surface area contributed by atoms with Crippen molar-refractivity contribution in [2.75, 3.05) is 27.4 Å². The first kappa shape index (κ1) is 29.6. The highest BCUT2D eigenvalue weighted by atomic mass is 28.4. The molecule has 0 unspecified atom stereocenters. The van der Waals surface area contributed by atoms with E-state index in [-0.39, 0.29) is 12.0 Å². The van der Waals surface area contributed by atoms with Gasteiger partial charge in [-0.15, -0.1) is 0 Å². The molecule has 7 heteroatoms. The van der Waals surface area contributed by atoms with Gasteiger partial charge in [-0.1, -0.05) is 73.0 Å². The van der Waals surface area contributed by atoms with E-state index in [1.807, 2.05) is 11.0 Å². The number of rotatable bonds is 14. The summed E-state index contributed by atoms with van der Waals surface area (Å²) in [5.74, 6) is -0.290. The highest BCUT2D eigenvalue weighted by molar-refractivity contribution is 6.77. The lowest BCUT2D eigenvalue weighted by Gasteiger charge is -2.42. The summed E-state index contributed by atoms with van der Waals surface area (Å²) in [5.41, 5.74) is 3.60. The number of unbranched alkanes of at least 4 members (excludes halogenated alkanes) is 5. The maximum Gasteiger partial charge on any atom is 0.338 e. The lowest BCUT2D eigenvalue weighted by Crippen LogP contribution is -2.47. The number of esters is 1. The van der Waals surface area contributed by atoms with Gasteiger partial charge in [0.1, 0.15) is 6.04 Å². The first-order valence-electron chi connectivity index (χ1n) is 13.7. The van der Waals surface area contributed by atoms with Gasteiger partial charge in [0.25, 0.3) is 6.02 Å². The molecule has 0 spiro atoms. The van der Waals surface area contributed by atoms with Crippen molar-refractivity contribution >= 4 is 20.3 Å². The summed E-state index contributed by atoms with van der Waals surface area (Å²) in [7, 11) is 1.35. The van der Waals surface area contributed by atoms with E-state index in [1.54, 1.807) is 7.11 Å². The number of hydrogen-bond acceptors (Lipinski definition) is 6. The van der Waals surface area contributed by atoms with Crippen molar-refractivity contribution < 1.29 is 18.7 Å². The summed E-state index contributed by atoms with van der Waals surface area (Å²) in [5, 5.41) is 0. The molecule has 0 aromatic carbocycles. The Hall–Kier alpha value is -1.60. The molecule has 0 bridgehead atoms. The summed E-state index contributed by atoms with van der Waals surface area (Å²) in [6, 6.07) is 0.271. The largest absolute Gasteiger partial charge is 0.468 e. The molecule has 1 fully saturated rings. The van der Waals surface area contributed by atoms with Crippen molar-refractivity contribution in [1.29, 1.82) is 0 Å². The van der Waals surface area contributed by atoms with Gasteiger partial charge in [-0.2, -0.15) is 0 Å². The molecular formula is C28H50N2O4Si. The van der Waals surface area contributed by atoms with E-state index in [1.165, 1.54) is 26.4 Å². The minimum absolute atomic E-state index is 0.290. The molecule has 35 heavy (non-hydrogen) atoms. The number of carbonyl (C=O) groups is 1. The molecule has 0 aliphatic carbocycles. The van der Waals surface area contributed by atoms with Crippen LogP contribution in [0.2, 0.25) is 16.6 Å². The second-order valence-electron chi connectivity index (χ2n) is 10.8. The van der Waals surface area contributed by atoms with E-state index >= 15 is 0 Å². The second kappa shape index (κ2) is 14.2. The van der Waals surface area contributed by atoms with Gasteiger partial charge in [0.2, 0.25) is 0 Å². The number of amidine groups is 1. The fraction of sp³-hybridized carbons (Fsp3) is 0.786. The number of carbonyl (C=O) groups excluding carboxylic acids is 1. The minimum Gasteiger partial charge on any atom is -0.468 e. The van der Waals surface area contributed by atoms with Crippen LogP contribution in [0.25, 0.3) is 0 Å². The van der Waals surface area contributed by atoms with E-state index in [0.717, 1.165) is 51.0 Å². The molecule has 0 amide bonds. The van der Waals surface area contributed by atoms with Gasteiger partial charge in [-0.05, 0) is 48.7 Å². The Bertz CT molecular complexity index is 751. The SMILES string of the molecule is COC(=O)C1=C2CCCN2C(OC)=N[C@@H]1/C=C\CCCCCCCO[Si](C(C)C)(C(C)C)C(C)C. The number of allylic oxidation sites excluding steroid dienone is 2. The molecule has 0 radical (unpaired) electrons.